The minimum Gasteiger partial charge on any atom is -0.507 e. The van der Waals surface area contributed by atoms with E-state index < -0.39 is 18.5 Å². The van der Waals surface area contributed by atoms with Crippen LogP contribution in [0.4, 0.5) is 0 Å². The highest BCUT2D eigenvalue weighted by Crippen LogP contribution is 2.22. The molecule has 1 amide bonds. The average Bonchev–Trinajstić information content (AvgIpc) is 2.60. The average molecular weight is 329 g/mol. The molecule has 0 bridgehead atoms. The third-order valence-corrected chi connectivity index (χ3v) is 3.42. The largest absolute Gasteiger partial charge is 0.507 e. The Morgan fingerprint density at radius 3 is 2.67 bits per heavy atom. The lowest BCUT2D eigenvalue weighted by Gasteiger charge is -2.09. The zero-order chi connectivity index (χ0) is 17.5. The molecule has 0 saturated carbocycles. The molecule has 0 fully saturated rings. The SMILES string of the molecule is COc1cccc(CNC(=O)COC(=O)c2cccc(C)c2O)c1. The summed E-state index contributed by atoms with van der Waals surface area (Å²) in [4.78, 5) is 23.7. The number of amides is 1. The lowest BCUT2D eigenvalue weighted by molar-refractivity contribution is -0.124. The van der Waals surface area contributed by atoms with E-state index in [1.165, 1.54) is 6.07 Å². The highest BCUT2D eigenvalue weighted by molar-refractivity contribution is 5.94. The van der Waals surface area contributed by atoms with Crippen LogP contribution in [0.1, 0.15) is 21.5 Å². The van der Waals surface area contributed by atoms with Crippen LogP contribution in [0.3, 0.4) is 0 Å². The summed E-state index contributed by atoms with van der Waals surface area (Å²) in [5.41, 5.74) is 1.47. The van der Waals surface area contributed by atoms with Gasteiger partial charge in [-0.1, -0.05) is 24.3 Å². The number of benzene rings is 2. The van der Waals surface area contributed by atoms with Gasteiger partial charge in [0.25, 0.3) is 5.91 Å². The Morgan fingerprint density at radius 2 is 1.92 bits per heavy atom. The number of phenols is 1. The van der Waals surface area contributed by atoms with Gasteiger partial charge in [-0.3, -0.25) is 4.79 Å². The van der Waals surface area contributed by atoms with Crippen LogP contribution in [-0.2, 0) is 16.1 Å². The maximum atomic E-state index is 11.9. The second-order valence-electron chi connectivity index (χ2n) is 5.18. The minimum absolute atomic E-state index is 0.0376. The second kappa shape index (κ2) is 8.01. The van der Waals surface area contributed by atoms with Crippen LogP contribution in [0, 0.1) is 6.92 Å². The van der Waals surface area contributed by atoms with Gasteiger partial charge < -0.3 is 19.9 Å². The van der Waals surface area contributed by atoms with Crippen molar-refractivity contribution >= 4 is 11.9 Å². The molecule has 24 heavy (non-hydrogen) atoms. The maximum absolute atomic E-state index is 11.9. The number of carbonyl (C=O) groups excluding carboxylic acids is 2. The van der Waals surface area contributed by atoms with Crippen molar-refractivity contribution in [1.82, 2.24) is 5.32 Å². The van der Waals surface area contributed by atoms with Gasteiger partial charge in [-0.2, -0.15) is 0 Å². The first-order valence-corrected chi connectivity index (χ1v) is 7.36. The van der Waals surface area contributed by atoms with Gasteiger partial charge in [0.05, 0.1) is 7.11 Å². The summed E-state index contributed by atoms with van der Waals surface area (Å²) < 4.78 is 10.0. The standard InChI is InChI=1S/C18H19NO5/c1-12-5-3-8-15(17(12)21)18(22)24-11-16(20)19-10-13-6-4-7-14(9-13)23-2/h3-9,21H,10-11H2,1-2H3,(H,19,20). The minimum atomic E-state index is -0.743. The second-order valence-corrected chi connectivity index (χ2v) is 5.18. The smallest absolute Gasteiger partial charge is 0.342 e. The molecule has 2 aromatic carbocycles. The number of aromatic hydroxyl groups is 1. The highest BCUT2D eigenvalue weighted by atomic mass is 16.5. The third-order valence-electron chi connectivity index (χ3n) is 3.42. The fourth-order valence-corrected chi connectivity index (χ4v) is 2.07. The molecule has 0 unspecified atom stereocenters. The molecule has 0 heterocycles. The van der Waals surface area contributed by atoms with E-state index in [4.69, 9.17) is 9.47 Å². The van der Waals surface area contributed by atoms with Crippen molar-refractivity contribution in [2.24, 2.45) is 0 Å². The van der Waals surface area contributed by atoms with Crippen LogP contribution in [0.2, 0.25) is 0 Å². The number of para-hydroxylation sites is 1. The number of phenolic OH excluding ortho intramolecular Hbond substituents is 1. The molecule has 0 saturated heterocycles. The first-order chi connectivity index (χ1) is 11.5. The first-order valence-electron chi connectivity index (χ1n) is 7.36. The Kier molecular flexibility index (Phi) is 5.78. The Morgan fingerprint density at radius 1 is 1.17 bits per heavy atom. The number of hydrogen-bond acceptors (Lipinski definition) is 5. The number of hydrogen-bond donors (Lipinski definition) is 2. The van der Waals surface area contributed by atoms with E-state index in [0.717, 1.165) is 5.56 Å². The van der Waals surface area contributed by atoms with Crippen molar-refractivity contribution in [2.45, 2.75) is 13.5 Å². The summed E-state index contributed by atoms with van der Waals surface area (Å²) in [5.74, 6) is -0.617. The topological polar surface area (TPSA) is 84.9 Å². The van der Waals surface area contributed by atoms with Gasteiger partial charge >= 0.3 is 5.97 Å². The first kappa shape index (κ1) is 17.3. The molecular weight excluding hydrogens is 310 g/mol. The predicted octanol–water partition coefficient (Wildman–Crippen LogP) is 2.18. The molecule has 2 rings (SSSR count). The van der Waals surface area contributed by atoms with Crippen LogP contribution < -0.4 is 10.1 Å². The molecule has 0 aliphatic rings. The van der Waals surface area contributed by atoms with E-state index in [1.807, 2.05) is 12.1 Å². The summed E-state index contributed by atoms with van der Waals surface area (Å²) in [6.45, 7) is 1.55. The Balaban J connectivity index is 1.84. The van der Waals surface area contributed by atoms with Crippen LogP contribution in [0.25, 0.3) is 0 Å². The van der Waals surface area contributed by atoms with E-state index in [9.17, 15) is 14.7 Å². The van der Waals surface area contributed by atoms with Gasteiger partial charge in [0.1, 0.15) is 17.1 Å². The maximum Gasteiger partial charge on any atom is 0.342 e. The van der Waals surface area contributed by atoms with Crippen LogP contribution in [0.5, 0.6) is 11.5 Å². The summed E-state index contributed by atoms with van der Waals surface area (Å²) in [6, 6.07) is 12.0. The molecule has 0 atom stereocenters. The molecule has 6 heteroatoms. The van der Waals surface area contributed by atoms with Crippen LogP contribution in [-0.4, -0.2) is 30.7 Å². The van der Waals surface area contributed by atoms with Crippen molar-refractivity contribution in [2.75, 3.05) is 13.7 Å². The van der Waals surface area contributed by atoms with Crippen LogP contribution in [0.15, 0.2) is 42.5 Å². The Hall–Kier alpha value is -3.02. The number of carbonyl (C=O) groups is 2. The molecule has 126 valence electrons. The third kappa shape index (κ3) is 4.49. The fraction of sp³-hybridized carbons (Fsp3) is 0.222. The predicted molar refractivity (Wildman–Crippen MR) is 88.0 cm³/mol. The molecule has 2 aromatic rings. The van der Waals surface area contributed by atoms with Crippen molar-refractivity contribution in [3.63, 3.8) is 0 Å². The van der Waals surface area contributed by atoms with Crippen LogP contribution >= 0.6 is 0 Å². The van der Waals surface area contributed by atoms with Crippen molar-refractivity contribution in [3.8, 4) is 11.5 Å². The monoisotopic (exact) mass is 329 g/mol. The lowest BCUT2D eigenvalue weighted by Crippen LogP contribution is -2.28. The zero-order valence-electron chi connectivity index (χ0n) is 13.5. The Labute approximate surface area is 140 Å². The lowest BCUT2D eigenvalue weighted by atomic mass is 10.1. The quantitative estimate of drug-likeness (QED) is 0.794. The number of methoxy groups -OCH3 is 1. The molecule has 0 aromatic heterocycles. The summed E-state index contributed by atoms with van der Waals surface area (Å²) in [5, 5.41) is 12.5. The highest BCUT2D eigenvalue weighted by Gasteiger charge is 2.15. The molecular formula is C18H19NO5. The number of aryl methyl sites for hydroxylation is 1. The van der Waals surface area contributed by atoms with Gasteiger partial charge in [-0.15, -0.1) is 0 Å². The molecule has 0 aliphatic carbocycles. The van der Waals surface area contributed by atoms with E-state index in [1.54, 1.807) is 38.3 Å². The van der Waals surface area contributed by atoms with Gasteiger partial charge in [0, 0.05) is 6.54 Å². The number of ether oxygens (including phenoxy) is 2. The summed E-state index contributed by atoms with van der Waals surface area (Å²) >= 11 is 0. The van der Waals surface area contributed by atoms with Crippen molar-refractivity contribution < 1.29 is 24.2 Å². The number of esters is 1. The molecule has 6 nitrogen and oxygen atoms in total. The summed E-state index contributed by atoms with van der Waals surface area (Å²) in [7, 11) is 1.57. The van der Waals surface area contributed by atoms with Gasteiger partial charge in [0.15, 0.2) is 6.61 Å². The van der Waals surface area contributed by atoms with E-state index in [2.05, 4.69) is 5.32 Å². The molecule has 0 radical (unpaired) electrons. The molecule has 0 aliphatic heterocycles. The zero-order valence-corrected chi connectivity index (χ0v) is 13.5. The van der Waals surface area contributed by atoms with E-state index >= 15 is 0 Å². The van der Waals surface area contributed by atoms with Crippen molar-refractivity contribution in [3.05, 3.63) is 59.2 Å². The molecule has 0 spiro atoms. The van der Waals surface area contributed by atoms with Crippen molar-refractivity contribution in [1.29, 1.82) is 0 Å². The number of nitrogens with one attached hydrogen (secondary N) is 1. The fourth-order valence-electron chi connectivity index (χ4n) is 2.07. The van der Waals surface area contributed by atoms with E-state index in [0.29, 0.717) is 17.9 Å². The van der Waals surface area contributed by atoms with E-state index in [-0.39, 0.29) is 11.3 Å². The van der Waals surface area contributed by atoms with Gasteiger partial charge in [0.2, 0.25) is 0 Å². The summed E-state index contributed by atoms with van der Waals surface area (Å²) in [6.07, 6.45) is 0. The normalized spacial score (nSPS) is 10.1. The Bertz CT molecular complexity index is 742. The van der Waals surface area contributed by atoms with Gasteiger partial charge in [-0.25, -0.2) is 4.79 Å². The number of rotatable bonds is 6. The molecule has 2 N–H and O–H groups in total. The van der Waals surface area contributed by atoms with Gasteiger partial charge in [-0.05, 0) is 36.2 Å².